The van der Waals surface area contributed by atoms with Crippen molar-refractivity contribution < 1.29 is 15.0 Å². The lowest BCUT2D eigenvalue weighted by Crippen LogP contribution is -2.46. The van der Waals surface area contributed by atoms with Crippen LogP contribution in [-0.4, -0.2) is 28.5 Å². The average Bonchev–Trinajstić information content (AvgIpc) is 2.33. The second-order valence-corrected chi connectivity index (χ2v) is 5.30. The van der Waals surface area contributed by atoms with Crippen LogP contribution in [0.25, 0.3) is 0 Å². The summed E-state index contributed by atoms with van der Waals surface area (Å²) in [5.41, 5.74) is -0.137. The zero-order valence-electron chi connectivity index (χ0n) is 11.6. The van der Waals surface area contributed by atoms with Crippen molar-refractivity contribution in [3.63, 3.8) is 0 Å². The van der Waals surface area contributed by atoms with Crippen LogP contribution in [-0.2, 0) is 11.2 Å². The van der Waals surface area contributed by atoms with Gasteiger partial charge >= 0.3 is 0 Å². The Bertz CT molecular complexity index is 384. The molecule has 0 radical (unpaired) electrons. The van der Waals surface area contributed by atoms with Crippen molar-refractivity contribution in [2.45, 2.75) is 38.8 Å². The van der Waals surface area contributed by atoms with Gasteiger partial charge in [-0.15, -0.1) is 0 Å². The third kappa shape index (κ3) is 6.36. The van der Waals surface area contributed by atoms with Crippen LogP contribution < -0.4 is 5.32 Å². The van der Waals surface area contributed by atoms with Crippen LogP contribution in [0.2, 0.25) is 0 Å². The van der Waals surface area contributed by atoms with Crippen molar-refractivity contribution >= 4 is 5.91 Å². The van der Waals surface area contributed by atoms with E-state index in [9.17, 15) is 9.90 Å². The molecule has 106 valence electrons. The third-order valence-corrected chi connectivity index (χ3v) is 2.84. The fraction of sp³-hybridized carbons (Fsp3) is 0.533. The largest absolute Gasteiger partial charge is 0.396 e. The Morgan fingerprint density at radius 1 is 1.32 bits per heavy atom. The van der Waals surface area contributed by atoms with Crippen molar-refractivity contribution in [3.05, 3.63) is 35.9 Å². The Hall–Kier alpha value is -1.39. The van der Waals surface area contributed by atoms with Crippen molar-refractivity contribution in [3.8, 4) is 0 Å². The standard InChI is InChI=1S/C15H23NO3/c1-15(2,19)16-14(18)13(9-6-10-17)11-12-7-4-3-5-8-12/h3-5,7-8,13,17,19H,6,9-11H2,1-2H3,(H,16,18)/t13-/m0/s1. The van der Waals surface area contributed by atoms with E-state index >= 15 is 0 Å². The summed E-state index contributed by atoms with van der Waals surface area (Å²) in [4.78, 5) is 12.1. The van der Waals surface area contributed by atoms with Gasteiger partial charge in [0, 0.05) is 12.5 Å². The number of hydrogen-bond donors (Lipinski definition) is 3. The molecule has 0 saturated heterocycles. The lowest BCUT2D eigenvalue weighted by molar-refractivity contribution is -0.131. The summed E-state index contributed by atoms with van der Waals surface area (Å²) in [6.45, 7) is 3.15. The first-order valence-electron chi connectivity index (χ1n) is 6.61. The number of carbonyl (C=O) groups is 1. The molecule has 1 rings (SSSR count). The first-order chi connectivity index (χ1) is 8.92. The van der Waals surface area contributed by atoms with Crippen LogP contribution in [0.1, 0.15) is 32.3 Å². The predicted molar refractivity (Wildman–Crippen MR) is 74.4 cm³/mol. The Morgan fingerprint density at radius 3 is 2.47 bits per heavy atom. The Morgan fingerprint density at radius 2 is 1.95 bits per heavy atom. The average molecular weight is 265 g/mol. The summed E-state index contributed by atoms with van der Waals surface area (Å²) in [5.74, 6) is -0.411. The van der Waals surface area contributed by atoms with E-state index in [4.69, 9.17) is 5.11 Å². The highest BCUT2D eigenvalue weighted by atomic mass is 16.3. The number of nitrogens with one attached hydrogen (secondary N) is 1. The molecule has 4 nitrogen and oxygen atoms in total. The summed E-state index contributed by atoms with van der Waals surface area (Å²) in [6, 6.07) is 9.76. The maximum absolute atomic E-state index is 12.1. The summed E-state index contributed by atoms with van der Waals surface area (Å²) in [5, 5.41) is 21.1. The molecule has 0 unspecified atom stereocenters. The van der Waals surface area contributed by atoms with Gasteiger partial charge in [0.05, 0.1) is 0 Å². The van der Waals surface area contributed by atoms with Gasteiger partial charge in [0.25, 0.3) is 0 Å². The fourth-order valence-electron chi connectivity index (χ4n) is 1.97. The molecule has 0 fully saturated rings. The third-order valence-electron chi connectivity index (χ3n) is 2.84. The topological polar surface area (TPSA) is 69.6 Å². The molecule has 0 aromatic heterocycles. The minimum atomic E-state index is -1.22. The molecule has 19 heavy (non-hydrogen) atoms. The van der Waals surface area contributed by atoms with Crippen molar-refractivity contribution in [1.82, 2.24) is 5.32 Å². The second kappa shape index (κ2) is 7.26. The van der Waals surface area contributed by atoms with E-state index in [0.717, 1.165) is 5.56 Å². The molecule has 0 aliphatic heterocycles. The molecule has 1 amide bonds. The minimum Gasteiger partial charge on any atom is -0.396 e. The van der Waals surface area contributed by atoms with Crippen molar-refractivity contribution in [1.29, 1.82) is 0 Å². The molecular weight excluding hydrogens is 242 g/mol. The lowest BCUT2D eigenvalue weighted by Gasteiger charge is -2.24. The maximum Gasteiger partial charge on any atom is 0.225 e. The van der Waals surface area contributed by atoms with Gasteiger partial charge in [-0.3, -0.25) is 4.79 Å². The highest BCUT2D eigenvalue weighted by Crippen LogP contribution is 2.15. The van der Waals surface area contributed by atoms with Gasteiger partial charge in [-0.25, -0.2) is 0 Å². The molecule has 1 aromatic rings. The number of benzene rings is 1. The molecule has 0 spiro atoms. The van der Waals surface area contributed by atoms with Gasteiger partial charge in [0.1, 0.15) is 5.72 Å². The molecule has 1 aromatic carbocycles. The number of aliphatic hydroxyl groups is 2. The van der Waals surface area contributed by atoms with Gasteiger partial charge in [-0.2, -0.15) is 0 Å². The Labute approximate surface area is 114 Å². The molecule has 0 saturated carbocycles. The fourth-order valence-corrected chi connectivity index (χ4v) is 1.97. The normalized spacial score (nSPS) is 13.1. The first-order valence-corrected chi connectivity index (χ1v) is 6.61. The highest BCUT2D eigenvalue weighted by molar-refractivity contribution is 5.79. The number of rotatable bonds is 7. The van der Waals surface area contributed by atoms with E-state index in [2.05, 4.69) is 5.32 Å². The summed E-state index contributed by atoms with van der Waals surface area (Å²) in [6.07, 6.45) is 1.80. The zero-order chi connectivity index (χ0) is 14.3. The van der Waals surface area contributed by atoms with Crippen LogP contribution >= 0.6 is 0 Å². The van der Waals surface area contributed by atoms with E-state index < -0.39 is 5.72 Å². The monoisotopic (exact) mass is 265 g/mol. The molecule has 0 heterocycles. The number of carbonyl (C=O) groups excluding carboxylic acids is 1. The van der Waals surface area contributed by atoms with Crippen molar-refractivity contribution in [2.24, 2.45) is 5.92 Å². The molecule has 1 atom stereocenters. The summed E-state index contributed by atoms with van der Waals surface area (Å²) >= 11 is 0. The summed E-state index contributed by atoms with van der Waals surface area (Å²) < 4.78 is 0. The maximum atomic E-state index is 12.1. The van der Waals surface area contributed by atoms with Crippen molar-refractivity contribution in [2.75, 3.05) is 6.61 Å². The van der Waals surface area contributed by atoms with E-state index in [1.165, 1.54) is 13.8 Å². The SMILES string of the molecule is CC(C)(O)NC(=O)[C@@H](CCCO)Cc1ccccc1. The lowest BCUT2D eigenvalue weighted by atomic mass is 9.93. The van der Waals surface area contributed by atoms with Crippen LogP contribution in [0.4, 0.5) is 0 Å². The van der Waals surface area contributed by atoms with Gasteiger partial charge in [-0.1, -0.05) is 30.3 Å². The van der Waals surface area contributed by atoms with E-state index in [-0.39, 0.29) is 18.4 Å². The van der Waals surface area contributed by atoms with Gasteiger partial charge < -0.3 is 15.5 Å². The van der Waals surface area contributed by atoms with Gasteiger partial charge in [0.2, 0.25) is 5.91 Å². The van der Waals surface area contributed by atoms with Crippen LogP contribution in [0.3, 0.4) is 0 Å². The quantitative estimate of drug-likeness (QED) is 0.654. The van der Waals surface area contributed by atoms with Crippen LogP contribution in [0, 0.1) is 5.92 Å². The van der Waals surface area contributed by atoms with E-state index in [1.807, 2.05) is 30.3 Å². The van der Waals surface area contributed by atoms with Gasteiger partial charge in [0.15, 0.2) is 0 Å². The molecule has 0 bridgehead atoms. The number of amides is 1. The zero-order valence-corrected chi connectivity index (χ0v) is 11.6. The first kappa shape index (κ1) is 15.7. The molecule has 0 aliphatic carbocycles. The van der Waals surface area contributed by atoms with Crippen LogP contribution in [0.5, 0.6) is 0 Å². The number of hydrogen-bond acceptors (Lipinski definition) is 3. The van der Waals surface area contributed by atoms with E-state index in [1.54, 1.807) is 0 Å². The molecule has 3 N–H and O–H groups in total. The highest BCUT2D eigenvalue weighted by Gasteiger charge is 2.23. The second-order valence-electron chi connectivity index (χ2n) is 5.30. The predicted octanol–water partition coefficient (Wildman–Crippen LogP) is 1.46. The minimum absolute atomic E-state index is 0.0705. The Balaban J connectivity index is 2.68. The summed E-state index contributed by atoms with van der Waals surface area (Å²) in [7, 11) is 0. The Kier molecular flexibility index (Phi) is 5.99. The molecule has 4 heteroatoms. The molecular formula is C15H23NO3. The van der Waals surface area contributed by atoms with Gasteiger partial charge in [-0.05, 0) is 38.7 Å². The molecule has 0 aliphatic rings. The van der Waals surface area contributed by atoms with E-state index in [0.29, 0.717) is 19.3 Å². The smallest absolute Gasteiger partial charge is 0.225 e. The number of aliphatic hydroxyl groups excluding tert-OH is 1. The van der Waals surface area contributed by atoms with Crippen LogP contribution in [0.15, 0.2) is 30.3 Å².